The minimum absolute atomic E-state index is 0.557. The van der Waals surface area contributed by atoms with E-state index in [1.54, 1.807) is 19.3 Å². The second-order valence-electron chi connectivity index (χ2n) is 8.27. The molecule has 114 valence electrons. The van der Waals surface area contributed by atoms with Gasteiger partial charge in [0.1, 0.15) is 0 Å². The third-order valence-corrected chi connectivity index (χ3v) is 6.56. The van der Waals surface area contributed by atoms with Crippen molar-refractivity contribution < 1.29 is 0 Å². The molecule has 1 saturated heterocycles. The van der Waals surface area contributed by atoms with Crippen LogP contribution < -0.4 is 5.32 Å². The first-order valence-electron chi connectivity index (χ1n) is 8.87. The van der Waals surface area contributed by atoms with E-state index in [2.05, 4.69) is 22.2 Å². The Morgan fingerprint density at radius 1 is 0.900 bits per heavy atom. The Kier molecular flexibility index (Phi) is 3.56. The van der Waals surface area contributed by atoms with Crippen molar-refractivity contribution in [2.75, 3.05) is 46.3 Å². The number of likely N-dealkylation sites (N-methyl/N-ethyl adjacent to an activating group) is 1. The van der Waals surface area contributed by atoms with E-state index in [1.165, 1.54) is 58.5 Å². The lowest BCUT2D eigenvalue weighted by Gasteiger charge is -2.57. The van der Waals surface area contributed by atoms with E-state index >= 15 is 0 Å². The zero-order chi connectivity index (χ0) is 13.6. The van der Waals surface area contributed by atoms with Gasteiger partial charge in [-0.2, -0.15) is 0 Å². The van der Waals surface area contributed by atoms with Crippen LogP contribution in [-0.4, -0.2) is 61.7 Å². The quantitative estimate of drug-likeness (QED) is 0.845. The standard InChI is InChI=1S/C17H31N3/c1-19-4-6-20(7-5-19)3-2-18-17-11-14-8-15(12-17)10-16(9-14)13-17/h14-16,18H,2-13H2,1H3. The van der Waals surface area contributed by atoms with Crippen molar-refractivity contribution in [3.8, 4) is 0 Å². The Bertz CT molecular complexity index is 311. The molecule has 0 aromatic carbocycles. The molecule has 5 rings (SSSR count). The Balaban J connectivity index is 1.27. The number of nitrogens with zero attached hydrogens (tertiary/aromatic N) is 2. The summed E-state index contributed by atoms with van der Waals surface area (Å²) in [5, 5.41) is 4.03. The summed E-state index contributed by atoms with van der Waals surface area (Å²) in [5.74, 6) is 3.20. The molecular formula is C17H31N3. The molecule has 1 heterocycles. The van der Waals surface area contributed by atoms with Gasteiger partial charge in [0.05, 0.1) is 0 Å². The Labute approximate surface area is 124 Å². The smallest absolute Gasteiger partial charge is 0.0190 e. The van der Waals surface area contributed by atoms with Gasteiger partial charge >= 0.3 is 0 Å². The molecule has 0 atom stereocenters. The van der Waals surface area contributed by atoms with E-state index in [-0.39, 0.29) is 0 Å². The van der Waals surface area contributed by atoms with E-state index in [0.717, 1.165) is 17.8 Å². The summed E-state index contributed by atoms with van der Waals surface area (Å²) in [7, 11) is 2.24. The van der Waals surface area contributed by atoms with Crippen molar-refractivity contribution in [1.82, 2.24) is 15.1 Å². The second kappa shape index (κ2) is 5.26. The molecule has 5 aliphatic rings. The third-order valence-electron chi connectivity index (χ3n) is 6.56. The lowest BCUT2D eigenvalue weighted by atomic mass is 9.53. The molecule has 0 aromatic heterocycles. The molecule has 0 unspecified atom stereocenters. The third kappa shape index (κ3) is 2.65. The molecule has 5 fully saturated rings. The van der Waals surface area contributed by atoms with Crippen LogP contribution in [0.25, 0.3) is 0 Å². The van der Waals surface area contributed by atoms with Crippen molar-refractivity contribution in [1.29, 1.82) is 0 Å². The van der Waals surface area contributed by atoms with Crippen LogP contribution in [0.5, 0.6) is 0 Å². The molecule has 1 N–H and O–H groups in total. The SMILES string of the molecule is CN1CCN(CCNC23CC4CC(CC(C4)C2)C3)CC1. The first-order valence-corrected chi connectivity index (χ1v) is 8.87. The highest BCUT2D eigenvalue weighted by Gasteiger charge is 2.50. The molecule has 4 aliphatic carbocycles. The maximum atomic E-state index is 4.03. The zero-order valence-electron chi connectivity index (χ0n) is 13.1. The van der Waals surface area contributed by atoms with Gasteiger partial charge in [0.15, 0.2) is 0 Å². The largest absolute Gasteiger partial charge is 0.310 e. The minimum atomic E-state index is 0.557. The molecule has 3 nitrogen and oxygen atoms in total. The van der Waals surface area contributed by atoms with Crippen LogP contribution >= 0.6 is 0 Å². The summed E-state index contributed by atoms with van der Waals surface area (Å²) in [6, 6.07) is 0. The molecular weight excluding hydrogens is 246 g/mol. The van der Waals surface area contributed by atoms with Crippen LogP contribution in [0.15, 0.2) is 0 Å². The molecule has 20 heavy (non-hydrogen) atoms. The van der Waals surface area contributed by atoms with E-state index in [4.69, 9.17) is 0 Å². The van der Waals surface area contributed by atoms with Gasteiger partial charge in [-0.3, -0.25) is 4.90 Å². The maximum absolute atomic E-state index is 4.03. The fraction of sp³-hybridized carbons (Fsp3) is 1.00. The summed E-state index contributed by atoms with van der Waals surface area (Å²) in [6.45, 7) is 7.50. The number of hydrogen-bond acceptors (Lipinski definition) is 3. The Morgan fingerprint density at radius 3 is 2.00 bits per heavy atom. The van der Waals surface area contributed by atoms with E-state index < -0.39 is 0 Å². The van der Waals surface area contributed by atoms with Gasteiger partial charge in [0.2, 0.25) is 0 Å². The predicted molar refractivity (Wildman–Crippen MR) is 82.8 cm³/mol. The van der Waals surface area contributed by atoms with Crippen molar-refractivity contribution in [3.63, 3.8) is 0 Å². The first-order chi connectivity index (χ1) is 9.71. The second-order valence-corrected chi connectivity index (χ2v) is 8.27. The van der Waals surface area contributed by atoms with Gasteiger partial charge in [0, 0.05) is 44.8 Å². The summed E-state index contributed by atoms with van der Waals surface area (Å²) in [4.78, 5) is 5.09. The fourth-order valence-corrected chi connectivity index (χ4v) is 5.88. The summed E-state index contributed by atoms with van der Waals surface area (Å²) < 4.78 is 0. The summed E-state index contributed by atoms with van der Waals surface area (Å²) >= 11 is 0. The monoisotopic (exact) mass is 277 g/mol. The average Bonchev–Trinajstić information content (AvgIpc) is 2.39. The lowest BCUT2D eigenvalue weighted by molar-refractivity contribution is -0.0207. The molecule has 0 aromatic rings. The van der Waals surface area contributed by atoms with Crippen molar-refractivity contribution in [2.24, 2.45) is 17.8 Å². The fourth-order valence-electron chi connectivity index (χ4n) is 5.88. The van der Waals surface area contributed by atoms with E-state index in [0.29, 0.717) is 5.54 Å². The number of rotatable bonds is 4. The van der Waals surface area contributed by atoms with Gasteiger partial charge in [-0.25, -0.2) is 0 Å². The minimum Gasteiger partial charge on any atom is -0.310 e. The van der Waals surface area contributed by atoms with Gasteiger partial charge in [-0.15, -0.1) is 0 Å². The predicted octanol–water partition coefficient (Wildman–Crippen LogP) is 1.79. The summed E-state index contributed by atoms with van der Waals surface area (Å²) in [5.41, 5.74) is 0.557. The molecule has 0 amide bonds. The topological polar surface area (TPSA) is 18.5 Å². The molecule has 3 heteroatoms. The number of nitrogens with one attached hydrogen (secondary N) is 1. The van der Waals surface area contributed by atoms with Gasteiger partial charge in [-0.1, -0.05) is 0 Å². The number of piperazine rings is 1. The van der Waals surface area contributed by atoms with Crippen LogP contribution in [0.4, 0.5) is 0 Å². The van der Waals surface area contributed by atoms with Crippen LogP contribution in [0.3, 0.4) is 0 Å². The first kappa shape index (κ1) is 13.5. The van der Waals surface area contributed by atoms with Crippen LogP contribution in [-0.2, 0) is 0 Å². The number of hydrogen-bond donors (Lipinski definition) is 1. The maximum Gasteiger partial charge on any atom is 0.0190 e. The highest BCUT2D eigenvalue weighted by Crippen LogP contribution is 2.55. The normalized spacial score (nSPS) is 45.1. The van der Waals surface area contributed by atoms with Crippen molar-refractivity contribution >= 4 is 0 Å². The molecule has 1 aliphatic heterocycles. The van der Waals surface area contributed by atoms with Crippen molar-refractivity contribution in [2.45, 2.75) is 44.1 Å². The zero-order valence-corrected chi connectivity index (χ0v) is 13.1. The highest BCUT2D eigenvalue weighted by molar-refractivity contribution is 5.06. The Morgan fingerprint density at radius 2 is 1.45 bits per heavy atom. The van der Waals surface area contributed by atoms with Gasteiger partial charge in [0.25, 0.3) is 0 Å². The highest BCUT2D eigenvalue weighted by atomic mass is 15.2. The van der Waals surface area contributed by atoms with Crippen LogP contribution in [0.2, 0.25) is 0 Å². The molecule has 0 radical (unpaired) electrons. The van der Waals surface area contributed by atoms with Crippen LogP contribution in [0, 0.1) is 17.8 Å². The van der Waals surface area contributed by atoms with Gasteiger partial charge < -0.3 is 10.2 Å². The van der Waals surface area contributed by atoms with E-state index in [1.807, 2.05) is 0 Å². The van der Waals surface area contributed by atoms with Gasteiger partial charge in [-0.05, 0) is 63.3 Å². The Hall–Kier alpha value is -0.120. The summed E-state index contributed by atoms with van der Waals surface area (Å²) in [6.07, 6.45) is 9.13. The molecule has 4 bridgehead atoms. The average molecular weight is 277 g/mol. The molecule has 4 saturated carbocycles. The van der Waals surface area contributed by atoms with Crippen molar-refractivity contribution in [3.05, 3.63) is 0 Å². The molecule has 0 spiro atoms. The van der Waals surface area contributed by atoms with E-state index in [9.17, 15) is 0 Å². The van der Waals surface area contributed by atoms with Crippen LogP contribution in [0.1, 0.15) is 38.5 Å². The lowest BCUT2D eigenvalue weighted by Crippen LogP contribution is -2.59.